The first-order chi connectivity index (χ1) is 16.9. The fourth-order valence-corrected chi connectivity index (χ4v) is 3.58. The van der Waals surface area contributed by atoms with Gasteiger partial charge in [0.15, 0.2) is 0 Å². The normalized spacial score (nSPS) is 15.1. The molecule has 0 unspecified atom stereocenters. The van der Waals surface area contributed by atoms with E-state index in [0.29, 0.717) is 42.4 Å². The van der Waals surface area contributed by atoms with Gasteiger partial charge in [-0.1, -0.05) is 25.1 Å². The number of nitrogens with zero attached hydrogens (tertiary/aromatic N) is 3. The molecular weight excluding hydrogens is 444 g/mol. The largest absolute Gasteiger partial charge is 0.506 e. The lowest BCUT2D eigenvalue weighted by Crippen LogP contribution is -2.52. The minimum atomic E-state index is -0.0931. The predicted molar refractivity (Wildman–Crippen MR) is 137 cm³/mol. The monoisotopic (exact) mass is 478 g/mol. The quantitative estimate of drug-likeness (QED) is 0.495. The van der Waals surface area contributed by atoms with Crippen molar-refractivity contribution in [1.82, 2.24) is 14.8 Å². The summed E-state index contributed by atoms with van der Waals surface area (Å²) in [6.45, 7) is 4.57. The highest BCUT2D eigenvalue weighted by atomic mass is 16.3. The molecule has 0 spiro atoms. The Bertz CT molecular complexity index is 1110. The molecule has 2 heterocycles. The molecule has 0 bridgehead atoms. The first-order valence-corrected chi connectivity index (χ1v) is 12.0. The molecular formula is C27H34N4O4. The molecule has 1 saturated carbocycles. The molecule has 1 aliphatic carbocycles. The molecule has 8 nitrogen and oxygen atoms in total. The Morgan fingerprint density at radius 3 is 2.37 bits per heavy atom. The number of hydrogen-bond acceptors (Lipinski definition) is 6. The van der Waals surface area contributed by atoms with Gasteiger partial charge in [0.1, 0.15) is 17.8 Å². The van der Waals surface area contributed by atoms with E-state index in [2.05, 4.69) is 4.98 Å². The number of para-hydroxylation sites is 1. The maximum absolute atomic E-state index is 12.3. The summed E-state index contributed by atoms with van der Waals surface area (Å²) in [5.74, 6) is 0.901. The van der Waals surface area contributed by atoms with Crippen LogP contribution in [-0.2, 0) is 4.79 Å². The van der Waals surface area contributed by atoms with E-state index in [1.165, 1.54) is 12.8 Å². The molecule has 5 rings (SSSR count). The number of rotatable bonds is 4. The Morgan fingerprint density at radius 2 is 1.77 bits per heavy atom. The van der Waals surface area contributed by atoms with Gasteiger partial charge in [0.2, 0.25) is 5.91 Å². The number of phenolic OH excluding ortho intramolecular Hbond substituents is 1. The number of phenols is 1. The van der Waals surface area contributed by atoms with Crippen LogP contribution in [0.3, 0.4) is 0 Å². The van der Waals surface area contributed by atoms with Crippen molar-refractivity contribution in [2.45, 2.75) is 26.2 Å². The summed E-state index contributed by atoms with van der Waals surface area (Å²) in [5, 5.41) is 18.1. The van der Waals surface area contributed by atoms with Crippen molar-refractivity contribution in [1.29, 1.82) is 0 Å². The van der Waals surface area contributed by atoms with E-state index in [0.717, 1.165) is 18.4 Å². The molecule has 4 N–H and O–H groups in total. The smallest absolute Gasteiger partial charge is 0.254 e. The second kappa shape index (κ2) is 12.7. The minimum absolute atomic E-state index is 0.0620. The zero-order valence-corrected chi connectivity index (χ0v) is 20.1. The van der Waals surface area contributed by atoms with Crippen molar-refractivity contribution in [3.8, 4) is 5.75 Å². The molecule has 2 fully saturated rings. The van der Waals surface area contributed by atoms with Crippen molar-refractivity contribution in [3.63, 3.8) is 0 Å². The molecule has 35 heavy (non-hydrogen) atoms. The lowest BCUT2D eigenvalue weighted by atomic mass is 10.1. The fraction of sp³-hybridized carbons (Fsp3) is 0.370. The minimum Gasteiger partial charge on any atom is -0.506 e. The van der Waals surface area contributed by atoms with Crippen molar-refractivity contribution < 1.29 is 19.8 Å². The highest BCUT2D eigenvalue weighted by molar-refractivity contribution is 5.97. The first kappa shape index (κ1) is 26.0. The highest BCUT2D eigenvalue weighted by Gasteiger charge is 2.31. The Morgan fingerprint density at radius 1 is 1.09 bits per heavy atom. The number of aromatic nitrogens is 1. The van der Waals surface area contributed by atoms with E-state index in [-0.39, 0.29) is 24.1 Å². The molecule has 3 aromatic rings. The number of anilines is 1. The van der Waals surface area contributed by atoms with Crippen LogP contribution in [0.4, 0.5) is 5.69 Å². The van der Waals surface area contributed by atoms with Gasteiger partial charge in [0.05, 0.1) is 0 Å². The molecule has 2 aliphatic rings. The predicted octanol–water partition coefficient (Wildman–Crippen LogP) is 3.29. The van der Waals surface area contributed by atoms with Crippen molar-refractivity contribution >= 4 is 28.4 Å². The number of carbonyl (C=O) groups excluding carboxylic acids is 2. The number of pyridine rings is 1. The fourth-order valence-electron chi connectivity index (χ4n) is 3.58. The summed E-state index contributed by atoms with van der Waals surface area (Å²) in [6, 6.07) is 16.0. The summed E-state index contributed by atoms with van der Waals surface area (Å²) >= 11 is 0. The number of amides is 2. The Labute approximate surface area is 206 Å². The average Bonchev–Trinajstić information content (AvgIpc) is 3.70. The van der Waals surface area contributed by atoms with Gasteiger partial charge >= 0.3 is 0 Å². The molecule has 2 aromatic carbocycles. The van der Waals surface area contributed by atoms with Crippen molar-refractivity contribution in [2.24, 2.45) is 5.92 Å². The summed E-state index contributed by atoms with van der Waals surface area (Å²) in [5.41, 5.74) is 7.49. The number of aromatic hydroxyl groups is 1. The highest BCUT2D eigenvalue weighted by Crippen LogP contribution is 2.30. The Hall–Kier alpha value is -3.65. The third-order valence-electron chi connectivity index (χ3n) is 5.77. The SMILES string of the molecule is CCCO.Nc1ccc(C(=O)N2CCN(CC3CC3)C(=O)C2)cc1.Oc1cccc2cccnc12. The number of carbonyl (C=O) groups is 2. The Kier molecular flexibility index (Phi) is 9.43. The van der Waals surface area contributed by atoms with Gasteiger partial charge in [0, 0.05) is 49.1 Å². The van der Waals surface area contributed by atoms with Gasteiger partial charge in [-0.25, -0.2) is 0 Å². The van der Waals surface area contributed by atoms with Crippen LogP contribution in [0.2, 0.25) is 0 Å². The number of nitrogens with two attached hydrogens (primary N) is 1. The topological polar surface area (TPSA) is 120 Å². The van der Waals surface area contributed by atoms with Crippen LogP contribution in [0.1, 0.15) is 36.5 Å². The summed E-state index contributed by atoms with van der Waals surface area (Å²) in [4.78, 5) is 31.9. The Balaban J connectivity index is 0.000000191. The number of hydrogen-bond donors (Lipinski definition) is 3. The van der Waals surface area contributed by atoms with Gasteiger partial charge in [-0.05, 0) is 61.6 Å². The van der Waals surface area contributed by atoms with Crippen LogP contribution in [0.15, 0.2) is 60.8 Å². The van der Waals surface area contributed by atoms with Crippen LogP contribution in [0, 0.1) is 5.92 Å². The number of fused-ring (bicyclic) bond motifs is 1. The van der Waals surface area contributed by atoms with Gasteiger partial charge in [-0.15, -0.1) is 0 Å². The van der Waals surface area contributed by atoms with E-state index in [4.69, 9.17) is 10.8 Å². The van der Waals surface area contributed by atoms with Gasteiger partial charge < -0.3 is 25.7 Å². The average molecular weight is 479 g/mol. The first-order valence-electron chi connectivity index (χ1n) is 12.0. The van der Waals surface area contributed by atoms with Crippen LogP contribution in [0.25, 0.3) is 10.9 Å². The molecule has 1 aliphatic heterocycles. The molecule has 1 aromatic heterocycles. The van der Waals surface area contributed by atoms with Crippen LogP contribution < -0.4 is 5.73 Å². The number of benzene rings is 2. The van der Waals surface area contributed by atoms with Crippen LogP contribution in [0.5, 0.6) is 5.75 Å². The van der Waals surface area contributed by atoms with E-state index >= 15 is 0 Å². The lowest BCUT2D eigenvalue weighted by Gasteiger charge is -2.34. The van der Waals surface area contributed by atoms with E-state index in [9.17, 15) is 14.7 Å². The molecule has 186 valence electrons. The summed E-state index contributed by atoms with van der Waals surface area (Å²) in [7, 11) is 0. The lowest BCUT2D eigenvalue weighted by molar-refractivity contribution is -0.135. The molecule has 1 saturated heterocycles. The number of nitrogen functional groups attached to an aromatic ring is 1. The third-order valence-corrected chi connectivity index (χ3v) is 5.77. The zero-order valence-electron chi connectivity index (χ0n) is 20.1. The van der Waals surface area contributed by atoms with Gasteiger partial charge in [0.25, 0.3) is 5.91 Å². The van der Waals surface area contributed by atoms with Crippen molar-refractivity contribution in [2.75, 3.05) is 38.5 Å². The number of aliphatic hydroxyl groups excluding tert-OH is 1. The number of aliphatic hydroxyl groups is 1. The zero-order chi connectivity index (χ0) is 25.2. The summed E-state index contributed by atoms with van der Waals surface area (Å²) in [6.07, 6.45) is 5.01. The maximum atomic E-state index is 12.3. The second-order valence-corrected chi connectivity index (χ2v) is 8.71. The van der Waals surface area contributed by atoms with Crippen LogP contribution in [-0.4, -0.2) is 69.6 Å². The maximum Gasteiger partial charge on any atom is 0.254 e. The standard InChI is InChI=1S/C15H19N3O2.C9H7NO.C3H8O/c16-13-5-3-12(4-6-13)15(20)18-8-7-17(14(19)10-18)9-11-1-2-11;11-8-5-1-3-7-4-2-6-10-9(7)8;1-2-3-4/h3-6,11H,1-2,7-10,16H2;1-6,11H;4H,2-3H2,1H3. The van der Waals surface area contributed by atoms with Crippen LogP contribution >= 0.6 is 0 Å². The molecule has 0 atom stereocenters. The summed E-state index contributed by atoms with van der Waals surface area (Å²) < 4.78 is 0. The number of piperazine rings is 1. The molecule has 0 radical (unpaired) electrons. The van der Waals surface area contributed by atoms with Crippen molar-refractivity contribution in [3.05, 3.63) is 66.4 Å². The van der Waals surface area contributed by atoms with E-state index < -0.39 is 0 Å². The van der Waals surface area contributed by atoms with E-state index in [1.54, 1.807) is 47.5 Å². The second-order valence-electron chi connectivity index (χ2n) is 8.71. The van der Waals surface area contributed by atoms with E-state index in [1.807, 2.05) is 30.0 Å². The molecule has 8 heteroatoms. The molecule has 2 amide bonds. The van der Waals surface area contributed by atoms with Gasteiger partial charge in [-0.3, -0.25) is 14.6 Å². The van der Waals surface area contributed by atoms with Gasteiger partial charge in [-0.2, -0.15) is 0 Å². The third kappa shape index (κ3) is 7.68.